The first-order chi connectivity index (χ1) is 27.9. The summed E-state index contributed by atoms with van der Waals surface area (Å²) in [6.45, 7) is 1.06. The summed E-state index contributed by atoms with van der Waals surface area (Å²) in [5.41, 5.74) is 27.9. The second-order valence-electron chi connectivity index (χ2n) is 13.9. The Labute approximate surface area is 335 Å². The third kappa shape index (κ3) is 10.9. The topological polar surface area (TPSA) is 422 Å². The number of ether oxygens (including phenoxy) is 5. The van der Waals surface area contributed by atoms with Gasteiger partial charge in [-0.2, -0.15) is 0 Å². The van der Waals surface area contributed by atoms with E-state index < -0.39 is 116 Å². The molecule has 13 atom stereocenters. The zero-order chi connectivity index (χ0) is 43.1. The fourth-order valence-corrected chi connectivity index (χ4v) is 6.82. The van der Waals surface area contributed by atoms with E-state index in [-0.39, 0.29) is 37.1 Å². The second-order valence-corrected chi connectivity index (χ2v) is 13.9. The van der Waals surface area contributed by atoms with E-state index in [1.165, 1.54) is 13.0 Å². The molecule has 1 aromatic rings. The van der Waals surface area contributed by atoms with Gasteiger partial charge in [0.1, 0.15) is 54.4 Å². The average Bonchev–Trinajstić information content (AvgIpc) is 3.51. The van der Waals surface area contributed by atoms with Crippen LogP contribution in [0.5, 0.6) is 5.75 Å². The number of nitrogens with one attached hydrogen (secondary N) is 6. The Morgan fingerprint density at radius 2 is 1.64 bits per heavy atom. The van der Waals surface area contributed by atoms with Crippen LogP contribution in [0.4, 0.5) is 19.2 Å². The molecule has 0 spiro atoms. The fraction of sp³-hybridized carbons (Fsp3) is 0.545. The van der Waals surface area contributed by atoms with Gasteiger partial charge in [-0.05, 0) is 30.7 Å². The highest BCUT2D eigenvalue weighted by Crippen LogP contribution is 2.30. The minimum atomic E-state index is -1.62. The number of nitrogens with two attached hydrogens (primary N) is 5. The lowest BCUT2D eigenvalue weighted by Gasteiger charge is -2.44. The Balaban J connectivity index is 1.19. The fourth-order valence-electron chi connectivity index (χ4n) is 6.82. The first-order valence-corrected chi connectivity index (χ1v) is 18.2. The van der Waals surface area contributed by atoms with Crippen LogP contribution in [-0.4, -0.2) is 161 Å². The van der Waals surface area contributed by atoms with Gasteiger partial charge < -0.3 is 94.3 Å². The number of imide groups is 1. The van der Waals surface area contributed by atoms with Crippen LogP contribution >= 0.6 is 0 Å². The van der Waals surface area contributed by atoms with E-state index >= 15 is 0 Å². The van der Waals surface area contributed by atoms with E-state index in [1.54, 1.807) is 30.3 Å². The Kier molecular flexibility index (Phi) is 14.3. The summed E-state index contributed by atoms with van der Waals surface area (Å²) in [5, 5.41) is 53.2. The lowest BCUT2D eigenvalue weighted by atomic mass is 9.95. The van der Waals surface area contributed by atoms with E-state index in [0.717, 1.165) is 0 Å². The summed E-state index contributed by atoms with van der Waals surface area (Å²) in [6, 6.07) is -2.74. The number of hydrogen-bond acceptors (Lipinski definition) is 15. The van der Waals surface area contributed by atoms with Crippen LogP contribution in [0.25, 0.3) is 6.08 Å². The Hall–Kier alpha value is -6.03. The van der Waals surface area contributed by atoms with Crippen molar-refractivity contribution in [1.29, 1.82) is 5.41 Å². The number of nitrogens with zero attached hydrogens (tertiary/aromatic N) is 2. The zero-order valence-electron chi connectivity index (χ0n) is 31.5. The second kappa shape index (κ2) is 19.1. The van der Waals surface area contributed by atoms with Crippen molar-refractivity contribution in [3.63, 3.8) is 0 Å². The van der Waals surface area contributed by atoms with E-state index in [1.807, 2.05) is 0 Å². The van der Waals surface area contributed by atoms with Gasteiger partial charge in [0, 0.05) is 19.0 Å². The number of fused-ring (bicyclic) bond motifs is 1. The molecule has 1 aromatic carbocycles. The molecule has 4 saturated heterocycles. The monoisotopic (exact) mass is 835 g/mol. The molecule has 324 valence electrons. The molecule has 4 aliphatic heterocycles. The zero-order valence-corrected chi connectivity index (χ0v) is 31.5. The number of hydrogen-bond donors (Lipinski definition) is 14. The van der Waals surface area contributed by atoms with Gasteiger partial charge in [0.05, 0.1) is 31.2 Å². The number of carbonyl (C=O) groups is 5. The summed E-state index contributed by atoms with van der Waals surface area (Å²) >= 11 is 0. The van der Waals surface area contributed by atoms with Crippen molar-refractivity contribution in [2.45, 2.75) is 92.9 Å². The van der Waals surface area contributed by atoms with Crippen molar-refractivity contribution < 1.29 is 63.0 Å². The van der Waals surface area contributed by atoms with Gasteiger partial charge in [-0.25, -0.2) is 29.1 Å². The van der Waals surface area contributed by atoms with Crippen LogP contribution in [0, 0.1) is 5.41 Å². The summed E-state index contributed by atoms with van der Waals surface area (Å²) < 4.78 is 29.1. The van der Waals surface area contributed by atoms with Gasteiger partial charge in [-0.3, -0.25) is 10.2 Å². The molecular weight excluding hydrogens is 786 g/mol. The Morgan fingerprint density at radius 3 is 2.29 bits per heavy atom. The minimum absolute atomic E-state index is 0.0449. The maximum atomic E-state index is 13.4. The molecule has 0 saturated carbocycles. The molecule has 4 heterocycles. The number of rotatable bonds is 13. The predicted octanol–water partition coefficient (Wildman–Crippen LogP) is -5.37. The van der Waals surface area contributed by atoms with Crippen molar-refractivity contribution >= 4 is 47.9 Å². The number of primary amides is 2. The number of benzene rings is 1. The van der Waals surface area contributed by atoms with Gasteiger partial charge >= 0.3 is 24.1 Å². The smallest absolute Gasteiger partial charge is 0.328 e. The van der Waals surface area contributed by atoms with Crippen LogP contribution in [0.2, 0.25) is 0 Å². The van der Waals surface area contributed by atoms with Gasteiger partial charge in [0.15, 0.2) is 18.4 Å². The molecule has 5 rings (SSSR count). The SMILES string of the molecule is CC1OC(Oc2ccc(/C=C/C(=O)NCCC(=N)N)cc2)C(N=C(N)N)C(O)C1NC(=O)NC1OCC(OC2COC3NC(=O)N(C(N)=O)C3C2O)C(O)C1NC(N)=O. The molecule has 4 fully saturated rings. The van der Waals surface area contributed by atoms with Crippen LogP contribution in [0.1, 0.15) is 18.9 Å². The van der Waals surface area contributed by atoms with Crippen LogP contribution in [0.3, 0.4) is 0 Å². The largest absolute Gasteiger partial charge is 0.462 e. The number of aliphatic imine (C=N–C) groups is 1. The molecule has 0 radical (unpaired) electrons. The standard InChI is InChI=1S/C33H49N13O13/c1-12-19(25(50)21(41-29(36)37)28(57-12)58-14-5-2-13(3-6-14)4-7-18(47)40-9-8-17(34)35)43-32(53)44-26-20(42-30(38)51)23(48)15(10-55-26)59-16-11-56-27-22(24(16)49)46(31(39)52)33(54)45-27/h2-7,12,15-16,19-28,48-50H,8-11H2,1H3,(H3,34,35)(H2,39,52)(H,40,47)(H,45,54)(H4,36,37,41)(H3,38,42,51)(H2,43,44,53)/b7-4+. The third-order valence-corrected chi connectivity index (χ3v) is 9.65. The molecule has 0 aliphatic carbocycles. The highest BCUT2D eigenvalue weighted by molar-refractivity contribution is 5.95. The highest BCUT2D eigenvalue weighted by atomic mass is 16.7. The van der Waals surface area contributed by atoms with E-state index in [0.29, 0.717) is 10.5 Å². The molecule has 4 aliphatic rings. The highest BCUT2D eigenvalue weighted by Gasteiger charge is 2.54. The number of urea groups is 4. The van der Waals surface area contributed by atoms with Gasteiger partial charge in [-0.1, -0.05) is 12.1 Å². The van der Waals surface area contributed by atoms with E-state index in [4.69, 9.17) is 57.8 Å². The van der Waals surface area contributed by atoms with Gasteiger partial charge in [-0.15, -0.1) is 0 Å². The number of guanidine groups is 1. The molecule has 26 nitrogen and oxygen atoms in total. The summed E-state index contributed by atoms with van der Waals surface area (Å²) in [5.74, 6) is -0.551. The Bertz CT molecular complexity index is 1780. The molecule has 0 aromatic heterocycles. The van der Waals surface area contributed by atoms with Crippen molar-refractivity contribution in [2.75, 3.05) is 19.8 Å². The maximum absolute atomic E-state index is 13.4. The normalized spacial score (nSPS) is 32.8. The predicted molar refractivity (Wildman–Crippen MR) is 201 cm³/mol. The van der Waals surface area contributed by atoms with Gasteiger partial charge in [0.25, 0.3) is 0 Å². The number of aliphatic hydroxyl groups excluding tert-OH is 3. The quantitative estimate of drug-likeness (QED) is 0.0501. The van der Waals surface area contributed by atoms with Crippen molar-refractivity contribution in [3.8, 4) is 5.75 Å². The first kappa shape index (κ1) is 44.1. The number of carbonyl (C=O) groups excluding carboxylic acids is 5. The molecule has 13 unspecified atom stereocenters. The molecule has 26 heteroatoms. The maximum Gasteiger partial charge on any atom is 0.328 e. The molecule has 0 bridgehead atoms. The lowest BCUT2D eigenvalue weighted by Crippen LogP contribution is -2.69. The van der Waals surface area contributed by atoms with Crippen molar-refractivity contribution in [3.05, 3.63) is 35.9 Å². The third-order valence-electron chi connectivity index (χ3n) is 9.65. The number of amides is 9. The molecule has 59 heavy (non-hydrogen) atoms. The van der Waals surface area contributed by atoms with Crippen molar-refractivity contribution in [2.24, 2.45) is 33.7 Å². The number of amidine groups is 1. The first-order valence-electron chi connectivity index (χ1n) is 18.2. The molecular formula is C33H49N13O13. The summed E-state index contributed by atoms with van der Waals surface area (Å²) in [7, 11) is 0. The molecule has 19 N–H and O–H groups in total. The molecule has 9 amide bonds. The number of aliphatic hydroxyl groups is 3. The van der Waals surface area contributed by atoms with Crippen molar-refractivity contribution in [1.82, 2.24) is 31.5 Å². The average molecular weight is 836 g/mol. The summed E-state index contributed by atoms with van der Waals surface area (Å²) in [6.07, 6.45) is -8.72. The van der Waals surface area contributed by atoms with Crippen LogP contribution in [-0.2, 0) is 23.7 Å². The minimum Gasteiger partial charge on any atom is -0.462 e. The van der Waals surface area contributed by atoms with Crippen LogP contribution in [0.15, 0.2) is 35.3 Å². The van der Waals surface area contributed by atoms with Gasteiger partial charge in [0.2, 0.25) is 12.2 Å². The van der Waals surface area contributed by atoms with E-state index in [9.17, 15) is 39.3 Å². The van der Waals surface area contributed by atoms with Crippen LogP contribution < -0.4 is 60.0 Å². The Morgan fingerprint density at radius 1 is 0.966 bits per heavy atom. The van der Waals surface area contributed by atoms with E-state index in [2.05, 4.69) is 31.6 Å². The summed E-state index contributed by atoms with van der Waals surface area (Å²) in [4.78, 5) is 66.1. The lowest BCUT2D eigenvalue weighted by molar-refractivity contribution is -0.228.